The molecule has 0 aliphatic carbocycles. The Balaban J connectivity index is 3.11. The number of aromatic nitrogens is 1. The van der Waals surface area contributed by atoms with E-state index in [4.69, 9.17) is 0 Å². The normalized spacial score (nSPS) is 10.8. The minimum Gasteiger partial charge on any atom is -0.492 e. The second-order valence-electron chi connectivity index (χ2n) is 3.61. The first kappa shape index (κ1) is 9.58. The van der Waals surface area contributed by atoms with E-state index in [1.165, 1.54) is 6.07 Å². The van der Waals surface area contributed by atoms with Crippen LogP contribution in [0.15, 0.2) is 23.0 Å². The predicted octanol–water partition coefficient (Wildman–Crippen LogP) is 1.56. The van der Waals surface area contributed by atoms with Crippen LogP contribution in [0.1, 0.15) is 11.1 Å². The molecule has 2 aromatic rings. The Kier molecular flexibility index (Phi) is 1.93. The Morgan fingerprint density at radius 2 is 1.80 bits per heavy atom. The maximum Gasteiger partial charge on any atom is 0.286 e. The summed E-state index contributed by atoms with van der Waals surface area (Å²) in [5, 5.41) is 20.1. The van der Waals surface area contributed by atoms with Crippen LogP contribution in [0.2, 0.25) is 0 Å². The number of rotatable bonds is 0. The number of fused-ring (bicyclic) bond motifs is 1. The standard InChI is InChI=1S/C11H11NO3/c1-6-3-4-7(2)10-8(6)5-9(13)12(15)11(10)14/h3-5,14-15H,1-2H3. The summed E-state index contributed by atoms with van der Waals surface area (Å²) in [5.41, 5.74) is 1.08. The molecule has 0 fully saturated rings. The van der Waals surface area contributed by atoms with Crippen LogP contribution in [-0.2, 0) is 0 Å². The smallest absolute Gasteiger partial charge is 0.286 e. The van der Waals surface area contributed by atoms with Crippen molar-refractivity contribution in [2.75, 3.05) is 0 Å². The van der Waals surface area contributed by atoms with Crippen molar-refractivity contribution in [1.29, 1.82) is 0 Å². The van der Waals surface area contributed by atoms with Crippen LogP contribution in [0.5, 0.6) is 5.88 Å². The number of aryl methyl sites for hydroxylation is 2. The summed E-state index contributed by atoms with van der Waals surface area (Å²) >= 11 is 0. The number of benzene rings is 1. The van der Waals surface area contributed by atoms with Crippen LogP contribution in [0, 0.1) is 13.8 Å². The molecule has 0 aliphatic rings. The molecule has 0 amide bonds. The molecule has 0 unspecified atom stereocenters. The van der Waals surface area contributed by atoms with Gasteiger partial charge in [0, 0.05) is 11.5 Å². The second-order valence-corrected chi connectivity index (χ2v) is 3.61. The molecular weight excluding hydrogens is 194 g/mol. The minimum atomic E-state index is -0.631. The van der Waals surface area contributed by atoms with Crippen molar-refractivity contribution in [1.82, 2.24) is 4.73 Å². The summed E-state index contributed by atoms with van der Waals surface area (Å²) in [5.74, 6) is -0.404. The van der Waals surface area contributed by atoms with Crippen LogP contribution < -0.4 is 5.56 Å². The van der Waals surface area contributed by atoms with Crippen LogP contribution in [0.25, 0.3) is 10.8 Å². The zero-order chi connectivity index (χ0) is 11.2. The van der Waals surface area contributed by atoms with Gasteiger partial charge in [-0.05, 0) is 30.4 Å². The van der Waals surface area contributed by atoms with Gasteiger partial charge in [-0.25, -0.2) is 0 Å². The molecule has 78 valence electrons. The van der Waals surface area contributed by atoms with Crippen molar-refractivity contribution >= 4 is 10.8 Å². The molecule has 4 nitrogen and oxygen atoms in total. The van der Waals surface area contributed by atoms with Crippen molar-refractivity contribution in [3.63, 3.8) is 0 Å². The summed E-state index contributed by atoms with van der Waals surface area (Å²) < 4.78 is 0.259. The van der Waals surface area contributed by atoms with E-state index in [0.29, 0.717) is 10.8 Å². The third-order valence-electron chi connectivity index (χ3n) is 2.57. The SMILES string of the molecule is Cc1ccc(C)c2c(O)n(O)c(=O)cc12. The fraction of sp³-hybridized carbons (Fsp3) is 0.182. The molecule has 1 aromatic carbocycles. The molecule has 1 heterocycles. The molecule has 0 saturated heterocycles. The highest BCUT2D eigenvalue weighted by Crippen LogP contribution is 2.27. The largest absolute Gasteiger partial charge is 0.492 e. The van der Waals surface area contributed by atoms with Crippen molar-refractivity contribution in [3.05, 3.63) is 39.7 Å². The third-order valence-corrected chi connectivity index (χ3v) is 2.57. The maximum absolute atomic E-state index is 11.3. The van der Waals surface area contributed by atoms with Gasteiger partial charge in [-0.2, -0.15) is 0 Å². The van der Waals surface area contributed by atoms with Gasteiger partial charge in [0.05, 0.1) is 0 Å². The lowest BCUT2D eigenvalue weighted by Gasteiger charge is -2.08. The molecule has 0 saturated carbocycles. The molecular formula is C11H11NO3. The summed E-state index contributed by atoms with van der Waals surface area (Å²) in [4.78, 5) is 11.3. The molecule has 0 atom stereocenters. The molecule has 0 bridgehead atoms. The highest BCUT2D eigenvalue weighted by Gasteiger charge is 2.11. The van der Waals surface area contributed by atoms with Gasteiger partial charge in [-0.15, -0.1) is 4.73 Å². The lowest BCUT2D eigenvalue weighted by atomic mass is 10.0. The first-order chi connectivity index (χ1) is 7.02. The Morgan fingerprint density at radius 1 is 1.20 bits per heavy atom. The van der Waals surface area contributed by atoms with Crippen LogP contribution in [0.4, 0.5) is 0 Å². The fourth-order valence-electron chi connectivity index (χ4n) is 1.71. The van der Waals surface area contributed by atoms with Gasteiger partial charge in [0.25, 0.3) is 5.56 Å². The van der Waals surface area contributed by atoms with Crippen LogP contribution in [-0.4, -0.2) is 15.0 Å². The zero-order valence-corrected chi connectivity index (χ0v) is 8.48. The van der Waals surface area contributed by atoms with Crippen molar-refractivity contribution < 1.29 is 10.3 Å². The Bertz CT molecular complexity index is 599. The molecule has 0 radical (unpaired) electrons. The van der Waals surface area contributed by atoms with E-state index in [1.807, 2.05) is 26.0 Å². The molecule has 1 aromatic heterocycles. The number of pyridine rings is 1. The van der Waals surface area contributed by atoms with Crippen molar-refractivity contribution in [3.8, 4) is 5.88 Å². The van der Waals surface area contributed by atoms with Crippen LogP contribution >= 0.6 is 0 Å². The second kappa shape index (κ2) is 3.02. The van der Waals surface area contributed by atoms with E-state index >= 15 is 0 Å². The summed E-state index contributed by atoms with van der Waals surface area (Å²) in [6.45, 7) is 3.66. The third kappa shape index (κ3) is 1.26. The number of aromatic hydroxyl groups is 1. The Morgan fingerprint density at radius 3 is 2.47 bits per heavy atom. The number of hydrogen-bond acceptors (Lipinski definition) is 3. The minimum absolute atomic E-state index is 0.259. The van der Waals surface area contributed by atoms with Gasteiger partial charge in [-0.3, -0.25) is 4.79 Å². The van der Waals surface area contributed by atoms with E-state index in [-0.39, 0.29) is 4.73 Å². The molecule has 0 aliphatic heterocycles. The van der Waals surface area contributed by atoms with Gasteiger partial charge < -0.3 is 10.3 Å². The molecule has 4 heteroatoms. The number of hydrogen-bond donors (Lipinski definition) is 2. The molecule has 0 spiro atoms. The van der Waals surface area contributed by atoms with Gasteiger partial charge in [-0.1, -0.05) is 12.1 Å². The predicted molar refractivity (Wildman–Crippen MR) is 56.5 cm³/mol. The van der Waals surface area contributed by atoms with E-state index in [9.17, 15) is 15.1 Å². The van der Waals surface area contributed by atoms with E-state index in [2.05, 4.69) is 0 Å². The molecule has 15 heavy (non-hydrogen) atoms. The van der Waals surface area contributed by atoms with E-state index in [0.717, 1.165) is 11.1 Å². The topological polar surface area (TPSA) is 62.5 Å². The first-order valence-electron chi connectivity index (χ1n) is 4.56. The van der Waals surface area contributed by atoms with Crippen molar-refractivity contribution in [2.45, 2.75) is 13.8 Å². The quantitative estimate of drug-likeness (QED) is 0.641. The van der Waals surface area contributed by atoms with Gasteiger partial charge >= 0.3 is 0 Å². The highest BCUT2D eigenvalue weighted by molar-refractivity contribution is 5.91. The summed E-state index contributed by atoms with van der Waals surface area (Å²) in [7, 11) is 0. The zero-order valence-electron chi connectivity index (χ0n) is 8.48. The average molecular weight is 205 g/mol. The highest BCUT2D eigenvalue weighted by atomic mass is 16.5. The molecule has 2 N–H and O–H groups in total. The summed E-state index contributed by atoms with van der Waals surface area (Å²) in [6, 6.07) is 5.03. The molecule has 2 rings (SSSR count). The lowest BCUT2D eigenvalue weighted by Crippen LogP contribution is -2.16. The Labute approximate surface area is 86.0 Å². The maximum atomic E-state index is 11.3. The van der Waals surface area contributed by atoms with E-state index in [1.54, 1.807) is 0 Å². The van der Waals surface area contributed by atoms with Gasteiger partial charge in [0.15, 0.2) is 0 Å². The van der Waals surface area contributed by atoms with Crippen LogP contribution in [0.3, 0.4) is 0 Å². The van der Waals surface area contributed by atoms with Gasteiger partial charge in [0.2, 0.25) is 5.88 Å². The monoisotopic (exact) mass is 205 g/mol. The van der Waals surface area contributed by atoms with Gasteiger partial charge in [0.1, 0.15) is 0 Å². The fourth-order valence-corrected chi connectivity index (χ4v) is 1.71. The van der Waals surface area contributed by atoms with E-state index < -0.39 is 11.4 Å². The number of nitrogens with zero attached hydrogens (tertiary/aromatic N) is 1. The van der Waals surface area contributed by atoms with Crippen molar-refractivity contribution in [2.24, 2.45) is 0 Å². The lowest BCUT2D eigenvalue weighted by molar-refractivity contribution is 0.146. The Hall–Kier alpha value is -1.97. The average Bonchev–Trinajstić information content (AvgIpc) is 2.20. The first-order valence-corrected chi connectivity index (χ1v) is 4.56. The summed E-state index contributed by atoms with van der Waals surface area (Å²) in [6.07, 6.45) is 0.